The van der Waals surface area contributed by atoms with Crippen LogP contribution in [0.2, 0.25) is 0 Å². The molecule has 1 unspecified atom stereocenters. The van der Waals surface area contributed by atoms with Crippen molar-refractivity contribution in [2.24, 2.45) is 5.92 Å². The lowest BCUT2D eigenvalue weighted by molar-refractivity contribution is -0.142. The van der Waals surface area contributed by atoms with Crippen LogP contribution >= 0.6 is 0 Å². The van der Waals surface area contributed by atoms with Gasteiger partial charge in [0, 0.05) is 12.8 Å². The van der Waals surface area contributed by atoms with Crippen LogP contribution in [0.4, 0.5) is 0 Å². The first-order chi connectivity index (χ1) is 11.0. The summed E-state index contributed by atoms with van der Waals surface area (Å²) in [6.45, 7) is 3.80. The van der Waals surface area contributed by atoms with Crippen LogP contribution in [-0.2, 0) is 16.0 Å². The zero-order chi connectivity index (χ0) is 16.8. The van der Waals surface area contributed by atoms with Crippen molar-refractivity contribution in [1.82, 2.24) is 15.5 Å². The SMILES string of the molecule is CC(C)CC(NC(=O)CCc1nc(-c2ccco2)no1)C(=O)O. The van der Waals surface area contributed by atoms with Gasteiger partial charge < -0.3 is 19.4 Å². The number of furan rings is 1. The van der Waals surface area contributed by atoms with Crippen LogP contribution < -0.4 is 5.32 Å². The van der Waals surface area contributed by atoms with Gasteiger partial charge in [0.25, 0.3) is 0 Å². The number of nitrogens with one attached hydrogen (secondary N) is 1. The summed E-state index contributed by atoms with van der Waals surface area (Å²) in [5.74, 6) is -0.146. The number of aliphatic carboxylic acids is 1. The van der Waals surface area contributed by atoms with E-state index in [0.717, 1.165) is 0 Å². The van der Waals surface area contributed by atoms with Crippen molar-refractivity contribution < 1.29 is 23.6 Å². The first-order valence-electron chi connectivity index (χ1n) is 7.34. The second-order valence-corrected chi connectivity index (χ2v) is 5.58. The van der Waals surface area contributed by atoms with E-state index in [9.17, 15) is 9.59 Å². The molecule has 2 aromatic rings. The Morgan fingerprint density at radius 1 is 1.39 bits per heavy atom. The van der Waals surface area contributed by atoms with E-state index < -0.39 is 12.0 Å². The summed E-state index contributed by atoms with van der Waals surface area (Å²) >= 11 is 0. The molecular formula is C15H19N3O5. The monoisotopic (exact) mass is 321 g/mol. The van der Waals surface area contributed by atoms with E-state index in [4.69, 9.17) is 14.0 Å². The van der Waals surface area contributed by atoms with E-state index in [1.54, 1.807) is 12.1 Å². The number of hydrogen-bond acceptors (Lipinski definition) is 6. The number of aryl methyl sites for hydroxylation is 1. The summed E-state index contributed by atoms with van der Waals surface area (Å²) in [4.78, 5) is 27.1. The van der Waals surface area contributed by atoms with Gasteiger partial charge in [-0.2, -0.15) is 4.98 Å². The van der Waals surface area contributed by atoms with Crippen LogP contribution in [0, 0.1) is 5.92 Å². The number of rotatable bonds is 8. The zero-order valence-corrected chi connectivity index (χ0v) is 13.0. The van der Waals surface area contributed by atoms with E-state index in [0.29, 0.717) is 23.9 Å². The third-order valence-corrected chi connectivity index (χ3v) is 3.12. The van der Waals surface area contributed by atoms with Crippen molar-refractivity contribution in [1.29, 1.82) is 0 Å². The van der Waals surface area contributed by atoms with Crippen molar-refractivity contribution in [3.05, 3.63) is 24.3 Å². The number of nitrogens with zero attached hydrogens (tertiary/aromatic N) is 2. The lowest BCUT2D eigenvalue weighted by Gasteiger charge is -2.16. The number of aromatic nitrogens is 2. The molecule has 0 aliphatic carbocycles. The molecule has 0 saturated carbocycles. The predicted octanol–water partition coefficient (Wildman–Crippen LogP) is 1.88. The van der Waals surface area contributed by atoms with Crippen LogP contribution in [0.15, 0.2) is 27.3 Å². The van der Waals surface area contributed by atoms with Gasteiger partial charge in [0.2, 0.25) is 17.6 Å². The Labute approximate surface area is 132 Å². The predicted molar refractivity (Wildman–Crippen MR) is 79.3 cm³/mol. The highest BCUT2D eigenvalue weighted by atomic mass is 16.5. The Bertz CT molecular complexity index is 648. The summed E-state index contributed by atoms with van der Waals surface area (Å²) in [6, 6.07) is 2.52. The molecular weight excluding hydrogens is 302 g/mol. The number of carboxylic acids is 1. The molecule has 2 N–H and O–H groups in total. The minimum Gasteiger partial charge on any atom is -0.480 e. The van der Waals surface area contributed by atoms with E-state index in [1.807, 2.05) is 13.8 Å². The van der Waals surface area contributed by atoms with Gasteiger partial charge in [0.15, 0.2) is 5.76 Å². The highest BCUT2D eigenvalue weighted by Crippen LogP contribution is 2.16. The van der Waals surface area contributed by atoms with Crippen molar-refractivity contribution >= 4 is 11.9 Å². The maximum atomic E-state index is 11.9. The molecule has 8 heteroatoms. The average molecular weight is 321 g/mol. The highest BCUT2D eigenvalue weighted by molar-refractivity contribution is 5.83. The van der Waals surface area contributed by atoms with Crippen molar-refractivity contribution in [2.75, 3.05) is 0 Å². The van der Waals surface area contributed by atoms with Crippen LogP contribution in [0.3, 0.4) is 0 Å². The first kappa shape index (κ1) is 16.7. The Morgan fingerprint density at radius 2 is 2.17 bits per heavy atom. The molecule has 0 fully saturated rings. The van der Waals surface area contributed by atoms with Gasteiger partial charge in [-0.25, -0.2) is 4.79 Å². The Balaban J connectivity index is 1.85. The maximum absolute atomic E-state index is 11.9. The third-order valence-electron chi connectivity index (χ3n) is 3.12. The molecule has 0 spiro atoms. The van der Waals surface area contributed by atoms with Gasteiger partial charge in [-0.3, -0.25) is 4.79 Å². The quantitative estimate of drug-likeness (QED) is 0.761. The Morgan fingerprint density at radius 3 is 2.78 bits per heavy atom. The Kier molecular flexibility index (Phi) is 5.51. The molecule has 8 nitrogen and oxygen atoms in total. The van der Waals surface area contributed by atoms with Gasteiger partial charge in [0.1, 0.15) is 6.04 Å². The van der Waals surface area contributed by atoms with Crippen LogP contribution in [0.1, 0.15) is 32.6 Å². The lowest BCUT2D eigenvalue weighted by Crippen LogP contribution is -2.41. The molecule has 0 aromatic carbocycles. The number of hydrogen-bond donors (Lipinski definition) is 2. The van der Waals surface area contributed by atoms with Gasteiger partial charge in [-0.1, -0.05) is 19.0 Å². The molecule has 1 amide bonds. The molecule has 23 heavy (non-hydrogen) atoms. The number of carbonyl (C=O) groups is 2. The van der Waals surface area contributed by atoms with E-state index in [2.05, 4.69) is 15.5 Å². The summed E-state index contributed by atoms with van der Waals surface area (Å²) in [5.41, 5.74) is 0. The standard InChI is InChI=1S/C15H19N3O5/c1-9(2)8-10(15(20)21)16-12(19)5-6-13-17-14(18-23-13)11-4-3-7-22-11/h3-4,7,9-10H,5-6,8H2,1-2H3,(H,16,19)(H,20,21). The molecule has 1 atom stereocenters. The molecule has 0 radical (unpaired) electrons. The van der Waals surface area contributed by atoms with E-state index >= 15 is 0 Å². The molecule has 0 saturated heterocycles. The Hall–Kier alpha value is -2.64. The zero-order valence-electron chi connectivity index (χ0n) is 13.0. The van der Waals surface area contributed by atoms with Crippen molar-refractivity contribution in [2.45, 2.75) is 39.2 Å². The molecule has 0 aliphatic rings. The molecule has 2 heterocycles. The third kappa shape index (κ3) is 4.94. The summed E-state index contributed by atoms with van der Waals surface area (Å²) in [7, 11) is 0. The summed E-state index contributed by atoms with van der Waals surface area (Å²) in [5, 5.41) is 15.4. The molecule has 2 rings (SSSR count). The lowest BCUT2D eigenvalue weighted by atomic mass is 10.0. The second-order valence-electron chi connectivity index (χ2n) is 5.58. The fraction of sp³-hybridized carbons (Fsp3) is 0.467. The minimum absolute atomic E-state index is 0.0711. The van der Waals surface area contributed by atoms with E-state index in [1.165, 1.54) is 6.26 Å². The fourth-order valence-corrected chi connectivity index (χ4v) is 2.04. The average Bonchev–Trinajstić information content (AvgIpc) is 3.14. The van der Waals surface area contributed by atoms with Crippen LogP contribution in [0.5, 0.6) is 0 Å². The van der Waals surface area contributed by atoms with E-state index in [-0.39, 0.29) is 24.7 Å². The molecule has 2 aromatic heterocycles. The van der Waals surface area contributed by atoms with Crippen molar-refractivity contribution in [3.8, 4) is 11.6 Å². The van der Waals surface area contributed by atoms with Crippen LogP contribution in [0.25, 0.3) is 11.6 Å². The highest BCUT2D eigenvalue weighted by Gasteiger charge is 2.21. The van der Waals surface area contributed by atoms with Gasteiger partial charge in [-0.15, -0.1) is 0 Å². The van der Waals surface area contributed by atoms with Gasteiger partial charge in [0.05, 0.1) is 6.26 Å². The van der Waals surface area contributed by atoms with Gasteiger partial charge >= 0.3 is 5.97 Å². The second kappa shape index (κ2) is 7.57. The first-order valence-corrected chi connectivity index (χ1v) is 7.34. The number of carbonyl (C=O) groups excluding carboxylic acids is 1. The minimum atomic E-state index is -1.04. The normalized spacial score (nSPS) is 12.3. The van der Waals surface area contributed by atoms with Crippen LogP contribution in [-0.4, -0.2) is 33.2 Å². The number of amides is 1. The smallest absolute Gasteiger partial charge is 0.326 e. The maximum Gasteiger partial charge on any atom is 0.326 e. The number of carboxylic acid groups (broad SMARTS) is 1. The summed E-state index contributed by atoms with van der Waals surface area (Å²) < 4.78 is 10.2. The topological polar surface area (TPSA) is 118 Å². The largest absolute Gasteiger partial charge is 0.480 e. The van der Waals surface area contributed by atoms with Crippen molar-refractivity contribution in [3.63, 3.8) is 0 Å². The molecule has 0 bridgehead atoms. The molecule has 0 aliphatic heterocycles. The van der Waals surface area contributed by atoms with Gasteiger partial charge in [-0.05, 0) is 24.5 Å². The fourth-order valence-electron chi connectivity index (χ4n) is 2.04. The molecule has 124 valence electrons. The summed E-state index contributed by atoms with van der Waals surface area (Å²) in [6.07, 6.45) is 2.18.